The van der Waals surface area contributed by atoms with Crippen molar-refractivity contribution in [1.82, 2.24) is 4.90 Å². The van der Waals surface area contributed by atoms with E-state index in [-0.39, 0.29) is 37.2 Å². The summed E-state index contributed by atoms with van der Waals surface area (Å²) in [6.07, 6.45) is 4.20. The molecule has 1 amide bonds. The van der Waals surface area contributed by atoms with E-state index in [1.165, 1.54) is 12.1 Å². The van der Waals surface area contributed by atoms with E-state index in [0.29, 0.717) is 0 Å². The standard InChI is InChI=1S/C16H20FNO3/c17-13-7-5-12(6-8-13)11-15(19)18(10-9-16(20)21)14-3-1-2-4-14/h5-8,14H,1-4,9-11H2,(H,20,21). The van der Waals surface area contributed by atoms with Crippen molar-refractivity contribution in [1.29, 1.82) is 0 Å². The van der Waals surface area contributed by atoms with Crippen LogP contribution in [0.25, 0.3) is 0 Å². The summed E-state index contributed by atoms with van der Waals surface area (Å²) in [5, 5.41) is 8.83. The highest BCUT2D eigenvalue weighted by molar-refractivity contribution is 5.79. The number of carbonyl (C=O) groups excluding carboxylic acids is 1. The van der Waals surface area contributed by atoms with Gasteiger partial charge in [0.2, 0.25) is 5.91 Å². The molecule has 1 aliphatic carbocycles. The minimum absolute atomic E-state index is 0.0361. The van der Waals surface area contributed by atoms with Crippen LogP contribution in [0.3, 0.4) is 0 Å². The van der Waals surface area contributed by atoms with Gasteiger partial charge in [-0.2, -0.15) is 0 Å². The molecule has 0 radical (unpaired) electrons. The largest absolute Gasteiger partial charge is 0.481 e. The van der Waals surface area contributed by atoms with E-state index in [9.17, 15) is 14.0 Å². The molecule has 0 atom stereocenters. The van der Waals surface area contributed by atoms with Gasteiger partial charge in [-0.3, -0.25) is 9.59 Å². The Morgan fingerprint density at radius 1 is 1.19 bits per heavy atom. The Labute approximate surface area is 123 Å². The Hall–Kier alpha value is -1.91. The van der Waals surface area contributed by atoms with Gasteiger partial charge in [0.1, 0.15) is 5.82 Å². The zero-order valence-corrected chi connectivity index (χ0v) is 11.9. The summed E-state index contributed by atoms with van der Waals surface area (Å²) in [7, 11) is 0. The number of carboxylic acid groups (broad SMARTS) is 1. The number of nitrogens with zero attached hydrogens (tertiary/aromatic N) is 1. The molecule has 1 N–H and O–H groups in total. The topological polar surface area (TPSA) is 57.6 Å². The van der Waals surface area contributed by atoms with Gasteiger partial charge in [0.15, 0.2) is 0 Å². The van der Waals surface area contributed by atoms with Crippen molar-refractivity contribution in [2.75, 3.05) is 6.54 Å². The van der Waals surface area contributed by atoms with Crippen LogP contribution in [0.15, 0.2) is 24.3 Å². The Morgan fingerprint density at radius 3 is 2.38 bits per heavy atom. The van der Waals surface area contributed by atoms with Gasteiger partial charge in [-0.05, 0) is 30.5 Å². The van der Waals surface area contributed by atoms with Crippen LogP contribution in [0.5, 0.6) is 0 Å². The molecule has 0 aromatic heterocycles. The maximum atomic E-state index is 12.9. The number of rotatable bonds is 6. The molecular formula is C16H20FNO3. The molecule has 0 heterocycles. The van der Waals surface area contributed by atoms with Crippen molar-refractivity contribution in [3.05, 3.63) is 35.6 Å². The Balaban J connectivity index is 2.02. The molecule has 21 heavy (non-hydrogen) atoms. The molecule has 0 spiro atoms. The molecule has 0 unspecified atom stereocenters. The number of carboxylic acids is 1. The maximum Gasteiger partial charge on any atom is 0.305 e. The SMILES string of the molecule is O=C(O)CCN(C(=O)Cc1ccc(F)cc1)C1CCCC1. The van der Waals surface area contributed by atoms with E-state index in [0.717, 1.165) is 31.2 Å². The first-order chi connectivity index (χ1) is 10.1. The normalized spacial score (nSPS) is 15.1. The molecule has 1 aromatic rings. The van der Waals surface area contributed by atoms with Crippen LogP contribution in [0, 0.1) is 5.82 Å². The van der Waals surface area contributed by atoms with Gasteiger partial charge in [-0.1, -0.05) is 25.0 Å². The fraction of sp³-hybridized carbons (Fsp3) is 0.500. The quantitative estimate of drug-likeness (QED) is 0.877. The predicted molar refractivity (Wildman–Crippen MR) is 76.3 cm³/mol. The molecule has 114 valence electrons. The minimum atomic E-state index is -0.896. The molecule has 0 bridgehead atoms. The lowest BCUT2D eigenvalue weighted by Gasteiger charge is -2.28. The van der Waals surface area contributed by atoms with Crippen LogP contribution in [0.2, 0.25) is 0 Å². The molecule has 0 aliphatic heterocycles. The van der Waals surface area contributed by atoms with Gasteiger partial charge >= 0.3 is 5.97 Å². The monoisotopic (exact) mass is 293 g/mol. The first kappa shape index (κ1) is 15.5. The van der Waals surface area contributed by atoms with Crippen LogP contribution in [0.1, 0.15) is 37.7 Å². The smallest absolute Gasteiger partial charge is 0.305 e. The summed E-state index contributed by atoms with van der Waals surface area (Å²) >= 11 is 0. The van der Waals surface area contributed by atoms with E-state index in [2.05, 4.69) is 0 Å². The molecule has 4 nitrogen and oxygen atoms in total. The third kappa shape index (κ3) is 4.55. The maximum absolute atomic E-state index is 12.9. The van der Waals surface area contributed by atoms with Gasteiger partial charge in [0, 0.05) is 12.6 Å². The van der Waals surface area contributed by atoms with E-state index in [4.69, 9.17) is 5.11 Å². The van der Waals surface area contributed by atoms with Crippen molar-refractivity contribution in [2.24, 2.45) is 0 Å². The van der Waals surface area contributed by atoms with Crippen molar-refractivity contribution in [3.63, 3.8) is 0 Å². The highest BCUT2D eigenvalue weighted by Crippen LogP contribution is 2.24. The van der Waals surface area contributed by atoms with Gasteiger partial charge < -0.3 is 10.0 Å². The van der Waals surface area contributed by atoms with Crippen molar-refractivity contribution < 1.29 is 19.1 Å². The molecular weight excluding hydrogens is 273 g/mol. The number of benzene rings is 1. The van der Waals surface area contributed by atoms with Gasteiger partial charge in [0.05, 0.1) is 12.8 Å². The molecule has 0 saturated heterocycles. The molecule has 5 heteroatoms. The molecule has 2 rings (SSSR count). The lowest BCUT2D eigenvalue weighted by atomic mass is 10.1. The van der Waals surface area contributed by atoms with Crippen molar-refractivity contribution in [2.45, 2.75) is 44.6 Å². The summed E-state index contributed by atoms with van der Waals surface area (Å²) in [4.78, 5) is 24.9. The number of amides is 1. The number of aliphatic carboxylic acids is 1. The third-order valence-electron chi connectivity index (χ3n) is 3.92. The highest BCUT2D eigenvalue weighted by Gasteiger charge is 2.26. The first-order valence-corrected chi connectivity index (χ1v) is 7.32. The fourth-order valence-corrected chi connectivity index (χ4v) is 2.82. The summed E-state index contributed by atoms with van der Waals surface area (Å²) < 4.78 is 12.9. The Bertz CT molecular complexity index is 495. The third-order valence-corrected chi connectivity index (χ3v) is 3.92. The van der Waals surface area contributed by atoms with E-state index in [1.54, 1.807) is 17.0 Å². The van der Waals surface area contributed by atoms with Crippen LogP contribution in [-0.4, -0.2) is 34.5 Å². The summed E-state index contributed by atoms with van der Waals surface area (Å²) in [6.45, 7) is 0.250. The van der Waals surface area contributed by atoms with Crippen LogP contribution in [-0.2, 0) is 16.0 Å². The van der Waals surface area contributed by atoms with E-state index >= 15 is 0 Å². The van der Waals surface area contributed by atoms with Crippen LogP contribution >= 0.6 is 0 Å². The second kappa shape index (κ2) is 7.20. The zero-order valence-electron chi connectivity index (χ0n) is 11.9. The van der Waals surface area contributed by atoms with Gasteiger partial charge in [0.25, 0.3) is 0 Å². The average Bonchev–Trinajstić information content (AvgIpc) is 2.95. The van der Waals surface area contributed by atoms with Crippen molar-refractivity contribution >= 4 is 11.9 Å². The Morgan fingerprint density at radius 2 is 1.81 bits per heavy atom. The predicted octanol–water partition coefficient (Wildman–Crippen LogP) is 2.61. The zero-order chi connectivity index (χ0) is 15.2. The molecule has 1 aromatic carbocycles. The summed E-state index contributed by atoms with van der Waals surface area (Å²) in [5.74, 6) is -1.30. The summed E-state index contributed by atoms with van der Waals surface area (Å²) in [6, 6.07) is 6.01. The minimum Gasteiger partial charge on any atom is -0.481 e. The summed E-state index contributed by atoms with van der Waals surface area (Å²) in [5.41, 5.74) is 0.750. The van der Waals surface area contributed by atoms with Gasteiger partial charge in [-0.25, -0.2) is 4.39 Å². The lowest BCUT2D eigenvalue weighted by Crippen LogP contribution is -2.41. The lowest BCUT2D eigenvalue weighted by molar-refractivity contribution is -0.139. The molecule has 1 saturated carbocycles. The second-order valence-corrected chi connectivity index (χ2v) is 5.47. The number of carbonyl (C=O) groups is 2. The average molecular weight is 293 g/mol. The molecule has 1 fully saturated rings. The number of hydrogen-bond donors (Lipinski definition) is 1. The van der Waals surface area contributed by atoms with Crippen LogP contribution < -0.4 is 0 Å². The second-order valence-electron chi connectivity index (χ2n) is 5.47. The van der Waals surface area contributed by atoms with Crippen LogP contribution in [0.4, 0.5) is 4.39 Å². The van der Waals surface area contributed by atoms with Gasteiger partial charge in [-0.15, -0.1) is 0 Å². The van der Waals surface area contributed by atoms with Crippen molar-refractivity contribution in [3.8, 4) is 0 Å². The highest BCUT2D eigenvalue weighted by atomic mass is 19.1. The Kier molecular flexibility index (Phi) is 5.31. The number of hydrogen-bond acceptors (Lipinski definition) is 2. The number of halogens is 1. The fourth-order valence-electron chi connectivity index (χ4n) is 2.82. The van der Waals surface area contributed by atoms with E-state index in [1.807, 2.05) is 0 Å². The molecule has 1 aliphatic rings. The van der Waals surface area contributed by atoms with E-state index < -0.39 is 5.97 Å². The first-order valence-electron chi connectivity index (χ1n) is 7.32.